The van der Waals surface area contributed by atoms with Gasteiger partial charge in [0.05, 0.1) is 37.1 Å². The fourth-order valence-electron chi connectivity index (χ4n) is 13.7. The van der Waals surface area contributed by atoms with Crippen LogP contribution in [0.1, 0.15) is 92.9 Å². The third-order valence-corrected chi connectivity index (χ3v) is 16.7. The van der Waals surface area contributed by atoms with Crippen molar-refractivity contribution in [1.29, 1.82) is 0 Å². The van der Waals surface area contributed by atoms with Gasteiger partial charge in [0.1, 0.15) is 71.9 Å². The van der Waals surface area contributed by atoms with E-state index in [4.69, 9.17) is 47.4 Å². The van der Waals surface area contributed by atoms with Gasteiger partial charge in [0.15, 0.2) is 18.9 Å². The van der Waals surface area contributed by atoms with Crippen LogP contribution in [0, 0.1) is 28.6 Å². The highest BCUT2D eigenvalue weighted by molar-refractivity contribution is 5.81. The van der Waals surface area contributed by atoms with Crippen molar-refractivity contribution in [2.75, 3.05) is 20.8 Å². The minimum absolute atomic E-state index is 0.0313. The first-order chi connectivity index (χ1) is 28.8. The molecule has 6 N–H and O–H groups in total. The lowest BCUT2D eigenvalue weighted by molar-refractivity contribution is -0.371. The van der Waals surface area contributed by atoms with Gasteiger partial charge in [-0.1, -0.05) is 13.8 Å². The Hall–Kier alpha value is -1.46. The first-order valence-electron chi connectivity index (χ1n) is 22.2. The molecule has 18 nitrogen and oxygen atoms in total. The predicted octanol–water partition coefficient (Wildman–Crippen LogP) is 0.248. The van der Waals surface area contributed by atoms with Crippen LogP contribution >= 0.6 is 0 Å². The molecular formula is C43H68O18. The molecule has 24 atom stereocenters. The van der Waals surface area contributed by atoms with Crippen molar-refractivity contribution in [3.8, 4) is 0 Å². The topological polar surface area (TPSA) is 251 Å². The summed E-state index contributed by atoms with van der Waals surface area (Å²) in [5.41, 5.74) is -2.37. The van der Waals surface area contributed by atoms with Crippen molar-refractivity contribution >= 4 is 11.8 Å². The summed E-state index contributed by atoms with van der Waals surface area (Å²) in [5.74, 6) is -0.910. The SMILES string of the molecule is CO[C@H]1[C@@H](O)[C@H](O[C@@H]2[C@@H](C)O[C@@H](O[C@H]3CC[C@@]4(C)[C@@H](CC[C@@]56O[C@@]57CC[C@@H](C(C)=O)[C@@]7(C)[C@H](OC(C)=O)[C@@H](O)[C@H]46)C3)C[C@H]2OC)O[C@H](C)[C@H]1O[C@@H]1O[C@H](CO)[C@@H](O)[C@H](O)[C@H]1O. The second kappa shape index (κ2) is 16.8. The highest BCUT2D eigenvalue weighted by Gasteiger charge is 2.91. The van der Waals surface area contributed by atoms with Gasteiger partial charge >= 0.3 is 5.97 Å². The number of carbonyl (C=O) groups is 2. The van der Waals surface area contributed by atoms with E-state index in [9.17, 15) is 40.2 Å². The molecule has 4 aliphatic carbocycles. The smallest absolute Gasteiger partial charge is 0.303 e. The van der Waals surface area contributed by atoms with Crippen molar-refractivity contribution in [2.24, 2.45) is 28.6 Å². The van der Waals surface area contributed by atoms with E-state index in [2.05, 4.69) is 6.92 Å². The molecule has 18 heteroatoms. The Bertz CT molecular complexity index is 1620. The third kappa shape index (κ3) is 7.08. The standard InChI is InChI=1S/C43H68O18/c1-18(45)24-11-14-43-41(24,6)37(56-21(4)46)32(51)36-40(5)12-10-23(15-22(40)9-13-42(36,43)61-43)57-27-16-25(52-7)33(19(2)54-27)59-39-31(50)35(53-8)34(20(3)55-39)60-38-30(49)29(48)28(47)26(17-44)58-38/h19-20,22-39,44,47-51H,9-17H2,1-8H3/t19-,20-,22+,23+,24+,25-,26-,27+,28-,29+,30-,31-,32+,33-,34-,35+,36-,37-,38+,39+,40+,41+,42+,43-/m1/s1. The Labute approximate surface area is 356 Å². The van der Waals surface area contributed by atoms with E-state index in [-0.39, 0.29) is 35.1 Å². The van der Waals surface area contributed by atoms with Gasteiger partial charge in [-0.3, -0.25) is 9.59 Å². The molecule has 0 aromatic rings. The number of hydrogen-bond donors (Lipinski definition) is 6. The molecule has 0 amide bonds. The zero-order valence-corrected chi connectivity index (χ0v) is 36.5. The summed E-state index contributed by atoms with van der Waals surface area (Å²) in [6, 6.07) is 0. The Morgan fingerprint density at radius 3 is 2.07 bits per heavy atom. The molecule has 2 spiro atoms. The van der Waals surface area contributed by atoms with Gasteiger partial charge in [0.2, 0.25) is 0 Å². The molecule has 4 aliphatic heterocycles. The van der Waals surface area contributed by atoms with E-state index in [0.29, 0.717) is 25.7 Å². The molecule has 8 aliphatic rings. The van der Waals surface area contributed by atoms with Gasteiger partial charge in [-0.25, -0.2) is 0 Å². The summed E-state index contributed by atoms with van der Waals surface area (Å²) < 4.78 is 61.6. The number of aliphatic hydroxyl groups is 6. The normalized spacial score (nSPS) is 55.4. The number of fused-ring (bicyclic) bond motifs is 2. The minimum Gasteiger partial charge on any atom is -0.459 e. The predicted molar refractivity (Wildman–Crippen MR) is 207 cm³/mol. The molecule has 0 bridgehead atoms. The first-order valence-corrected chi connectivity index (χ1v) is 22.2. The average molecular weight is 873 g/mol. The van der Waals surface area contributed by atoms with Crippen LogP contribution in [0.5, 0.6) is 0 Å². The van der Waals surface area contributed by atoms with Crippen LogP contribution in [-0.4, -0.2) is 179 Å². The lowest BCUT2D eigenvalue weighted by Gasteiger charge is -2.61. The molecule has 0 radical (unpaired) electrons. The molecule has 8 fully saturated rings. The number of methoxy groups -OCH3 is 2. The average Bonchev–Trinajstić information content (AvgIpc) is 3.76. The summed E-state index contributed by atoms with van der Waals surface area (Å²) >= 11 is 0. The van der Waals surface area contributed by atoms with Crippen molar-refractivity contribution in [2.45, 2.75) is 208 Å². The van der Waals surface area contributed by atoms with Crippen LogP contribution in [0.15, 0.2) is 0 Å². The monoisotopic (exact) mass is 872 g/mol. The van der Waals surface area contributed by atoms with Gasteiger partial charge in [0, 0.05) is 44.8 Å². The highest BCUT2D eigenvalue weighted by atomic mass is 16.8. The van der Waals surface area contributed by atoms with Crippen molar-refractivity contribution in [3.63, 3.8) is 0 Å². The second-order valence-electron chi connectivity index (χ2n) is 19.7. The van der Waals surface area contributed by atoms with Gasteiger partial charge in [-0.05, 0) is 77.0 Å². The van der Waals surface area contributed by atoms with Crippen LogP contribution in [0.25, 0.3) is 0 Å². The molecule has 0 unspecified atom stereocenters. The van der Waals surface area contributed by atoms with E-state index in [1.807, 2.05) is 13.8 Å². The number of carbonyl (C=O) groups excluding carboxylic acids is 2. The van der Waals surface area contributed by atoms with E-state index >= 15 is 0 Å². The second-order valence-corrected chi connectivity index (χ2v) is 19.7. The molecule has 4 saturated carbocycles. The zero-order valence-electron chi connectivity index (χ0n) is 36.5. The number of hydrogen-bond acceptors (Lipinski definition) is 18. The maximum atomic E-state index is 13.0. The Morgan fingerprint density at radius 2 is 1.41 bits per heavy atom. The lowest BCUT2D eigenvalue weighted by Crippen LogP contribution is -2.70. The van der Waals surface area contributed by atoms with E-state index in [1.165, 1.54) is 14.0 Å². The molecular weight excluding hydrogens is 804 g/mol. The first kappa shape index (κ1) is 46.1. The molecule has 4 heterocycles. The number of esters is 1. The molecule has 0 aromatic heterocycles. The number of Topliss-reactive ketones (excluding diaryl/α,β-unsaturated/α-hetero) is 1. The Morgan fingerprint density at radius 1 is 0.721 bits per heavy atom. The number of epoxide rings is 1. The van der Waals surface area contributed by atoms with Crippen LogP contribution in [0.3, 0.4) is 0 Å². The fourth-order valence-corrected chi connectivity index (χ4v) is 13.7. The minimum atomic E-state index is -1.66. The van der Waals surface area contributed by atoms with Crippen molar-refractivity contribution in [1.82, 2.24) is 0 Å². The van der Waals surface area contributed by atoms with E-state index in [1.54, 1.807) is 21.0 Å². The summed E-state index contributed by atoms with van der Waals surface area (Å²) in [7, 11) is 2.95. The highest BCUT2D eigenvalue weighted by Crippen LogP contribution is 2.81. The molecule has 4 saturated heterocycles. The molecule has 348 valence electrons. The van der Waals surface area contributed by atoms with Crippen LogP contribution in [-0.2, 0) is 57.0 Å². The van der Waals surface area contributed by atoms with Gasteiger partial charge in [-0.2, -0.15) is 0 Å². The number of ketones is 1. The van der Waals surface area contributed by atoms with Gasteiger partial charge in [-0.15, -0.1) is 0 Å². The van der Waals surface area contributed by atoms with E-state index in [0.717, 1.165) is 25.7 Å². The Balaban J connectivity index is 0.900. The quantitative estimate of drug-likeness (QED) is 0.0925. The van der Waals surface area contributed by atoms with Gasteiger partial charge < -0.3 is 78.0 Å². The number of rotatable bonds is 11. The molecule has 8 rings (SSSR count). The summed E-state index contributed by atoms with van der Waals surface area (Å²) in [5, 5.41) is 64.4. The maximum absolute atomic E-state index is 13.0. The summed E-state index contributed by atoms with van der Waals surface area (Å²) in [6.07, 6.45) is -11.8. The maximum Gasteiger partial charge on any atom is 0.303 e. The van der Waals surface area contributed by atoms with Crippen molar-refractivity contribution in [3.05, 3.63) is 0 Å². The van der Waals surface area contributed by atoms with Gasteiger partial charge in [0.25, 0.3) is 0 Å². The largest absolute Gasteiger partial charge is 0.459 e. The zero-order chi connectivity index (χ0) is 44.1. The Kier molecular flexibility index (Phi) is 12.7. The number of ether oxygens (including phenoxy) is 10. The molecule has 0 aromatic carbocycles. The summed E-state index contributed by atoms with van der Waals surface area (Å²) in [6.45, 7) is 10.1. The van der Waals surface area contributed by atoms with E-state index < -0.39 is 127 Å². The third-order valence-electron chi connectivity index (χ3n) is 16.7. The van der Waals surface area contributed by atoms with Crippen LogP contribution < -0.4 is 0 Å². The summed E-state index contributed by atoms with van der Waals surface area (Å²) in [4.78, 5) is 25.5. The lowest BCUT2D eigenvalue weighted by atomic mass is 9.43. The number of aliphatic hydroxyl groups excluding tert-OH is 6. The molecule has 61 heavy (non-hydrogen) atoms. The van der Waals surface area contributed by atoms with Crippen molar-refractivity contribution < 1.29 is 87.6 Å². The van der Waals surface area contributed by atoms with Crippen LogP contribution in [0.4, 0.5) is 0 Å². The fraction of sp³-hybridized carbons (Fsp3) is 0.953. The van der Waals surface area contributed by atoms with Crippen LogP contribution in [0.2, 0.25) is 0 Å².